The van der Waals surface area contributed by atoms with Crippen LogP contribution in [0.3, 0.4) is 0 Å². The molecule has 2 aromatic carbocycles. The van der Waals surface area contributed by atoms with E-state index < -0.39 is 21.6 Å². The fourth-order valence-electron chi connectivity index (χ4n) is 1.46. The molecule has 2 aromatic rings. The maximum absolute atomic E-state index is 13.2. The van der Waals surface area contributed by atoms with Crippen molar-refractivity contribution in [2.75, 3.05) is 4.72 Å². The van der Waals surface area contributed by atoms with E-state index in [4.69, 9.17) is 28.3 Å². The predicted molar refractivity (Wildman–Crippen MR) is 75.3 cm³/mol. The average molecular weight is 336 g/mol. The number of anilines is 1. The number of benzene rings is 2. The van der Waals surface area contributed by atoms with Crippen molar-refractivity contribution in [2.45, 2.75) is 4.90 Å². The van der Waals surface area contributed by atoms with E-state index in [0.29, 0.717) is 0 Å². The summed E-state index contributed by atoms with van der Waals surface area (Å²) in [5.74, 6) is -1.52. The smallest absolute Gasteiger partial charge is 0.263 e. The van der Waals surface area contributed by atoms with Gasteiger partial charge in [-0.3, -0.25) is 4.72 Å². The van der Waals surface area contributed by atoms with Crippen LogP contribution in [0.1, 0.15) is 0 Å². The minimum atomic E-state index is -4.01. The molecule has 0 radical (unpaired) electrons. The summed E-state index contributed by atoms with van der Waals surface area (Å²) in [5.41, 5.74) is -0.0451. The largest absolute Gasteiger partial charge is 0.505 e. The number of phenols is 1. The van der Waals surface area contributed by atoms with Crippen LogP contribution >= 0.6 is 23.2 Å². The van der Waals surface area contributed by atoms with E-state index in [1.165, 1.54) is 24.3 Å². The number of nitrogens with one attached hydrogen (secondary N) is 1. The summed E-state index contributed by atoms with van der Waals surface area (Å²) < 4.78 is 39.6. The molecule has 106 valence electrons. The Bertz CT molecular complexity index is 765. The lowest BCUT2D eigenvalue weighted by Gasteiger charge is -2.10. The average Bonchev–Trinajstić information content (AvgIpc) is 2.36. The second-order valence-electron chi connectivity index (χ2n) is 3.85. The molecule has 0 aliphatic heterocycles. The lowest BCUT2D eigenvalue weighted by Crippen LogP contribution is -2.13. The van der Waals surface area contributed by atoms with E-state index in [-0.39, 0.29) is 20.6 Å². The van der Waals surface area contributed by atoms with Gasteiger partial charge in [0.1, 0.15) is 4.90 Å². The van der Waals surface area contributed by atoms with Gasteiger partial charge in [-0.2, -0.15) is 0 Å². The lowest BCUT2D eigenvalue weighted by atomic mass is 10.3. The van der Waals surface area contributed by atoms with Gasteiger partial charge in [0.15, 0.2) is 11.6 Å². The maximum atomic E-state index is 13.2. The first-order chi connectivity index (χ1) is 9.29. The fourth-order valence-corrected chi connectivity index (χ4v) is 3.28. The molecule has 0 aliphatic carbocycles. The quantitative estimate of drug-likeness (QED) is 0.841. The number of hydrogen-bond acceptors (Lipinski definition) is 3. The zero-order chi connectivity index (χ0) is 14.9. The normalized spacial score (nSPS) is 11.3. The maximum Gasteiger partial charge on any atom is 0.263 e. The van der Waals surface area contributed by atoms with Gasteiger partial charge in [0.2, 0.25) is 0 Å². The van der Waals surface area contributed by atoms with E-state index >= 15 is 0 Å². The van der Waals surface area contributed by atoms with Crippen molar-refractivity contribution in [1.82, 2.24) is 0 Å². The lowest BCUT2D eigenvalue weighted by molar-refractivity contribution is 0.432. The van der Waals surface area contributed by atoms with Crippen molar-refractivity contribution >= 4 is 38.9 Å². The van der Waals surface area contributed by atoms with E-state index in [2.05, 4.69) is 4.72 Å². The molecule has 8 heteroatoms. The second kappa shape index (κ2) is 5.47. The van der Waals surface area contributed by atoms with Crippen molar-refractivity contribution < 1.29 is 17.9 Å². The molecule has 0 atom stereocenters. The number of hydrogen-bond donors (Lipinski definition) is 2. The van der Waals surface area contributed by atoms with Crippen LogP contribution in [0.5, 0.6) is 5.75 Å². The summed E-state index contributed by atoms with van der Waals surface area (Å²) in [5, 5.41) is 9.24. The number of aromatic hydroxyl groups is 1. The highest BCUT2D eigenvalue weighted by Gasteiger charge is 2.19. The molecule has 0 fully saturated rings. The standard InChI is InChI=1S/C12H8Cl2FNO3S/c13-7-1-3-9(14)12(5-7)20(18,19)16-8-2-4-11(17)10(15)6-8/h1-6,16-17H. The van der Waals surface area contributed by atoms with E-state index in [9.17, 15) is 12.8 Å². The molecule has 0 saturated heterocycles. The first-order valence-corrected chi connectivity index (χ1v) is 7.50. The van der Waals surface area contributed by atoms with Gasteiger partial charge >= 0.3 is 0 Å². The topological polar surface area (TPSA) is 66.4 Å². The number of sulfonamides is 1. The molecule has 2 N–H and O–H groups in total. The van der Waals surface area contributed by atoms with Gasteiger partial charge in [0.05, 0.1) is 10.7 Å². The number of phenolic OH excluding ortho intramolecular Hbond substituents is 1. The van der Waals surface area contributed by atoms with Crippen LogP contribution in [0.2, 0.25) is 10.0 Å². The Morgan fingerprint density at radius 3 is 2.45 bits per heavy atom. The van der Waals surface area contributed by atoms with Crippen LogP contribution in [0.4, 0.5) is 10.1 Å². The Balaban J connectivity index is 2.40. The number of halogens is 3. The molecule has 0 saturated carbocycles. The summed E-state index contributed by atoms with van der Waals surface area (Å²) in [7, 11) is -4.01. The van der Waals surface area contributed by atoms with Gasteiger partial charge in [-0.1, -0.05) is 23.2 Å². The van der Waals surface area contributed by atoms with Crippen LogP contribution in [0, 0.1) is 5.82 Å². The third-order valence-corrected chi connectivity index (χ3v) is 4.48. The molecule has 20 heavy (non-hydrogen) atoms. The van der Waals surface area contributed by atoms with Crippen LogP contribution in [0.15, 0.2) is 41.3 Å². The van der Waals surface area contributed by atoms with Crippen LogP contribution in [0.25, 0.3) is 0 Å². The highest BCUT2D eigenvalue weighted by molar-refractivity contribution is 7.92. The Morgan fingerprint density at radius 2 is 1.80 bits per heavy atom. The Hall–Kier alpha value is -1.50. The van der Waals surface area contributed by atoms with Crippen LogP contribution in [-0.2, 0) is 10.0 Å². The second-order valence-corrected chi connectivity index (χ2v) is 6.34. The van der Waals surface area contributed by atoms with E-state index in [1.807, 2.05) is 0 Å². The Morgan fingerprint density at radius 1 is 1.10 bits per heavy atom. The Kier molecular flexibility index (Phi) is 4.08. The van der Waals surface area contributed by atoms with E-state index in [0.717, 1.165) is 12.1 Å². The van der Waals surface area contributed by atoms with Gasteiger partial charge < -0.3 is 5.11 Å². The molecule has 0 heterocycles. The summed E-state index contributed by atoms with van der Waals surface area (Å²) in [6.45, 7) is 0. The summed E-state index contributed by atoms with van der Waals surface area (Å²) in [6.07, 6.45) is 0. The van der Waals surface area contributed by atoms with Crippen molar-refractivity contribution in [3.05, 3.63) is 52.3 Å². The van der Waals surface area contributed by atoms with Crippen LogP contribution in [-0.4, -0.2) is 13.5 Å². The van der Waals surface area contributed by atoms with Crippen molar-refractivity contribution in [3.8, 4) is 5.75 Å². The monoisotopic (exact) mass is 335 g/mol. The third kappa shape index (κ3) is 3.15. The minimum Gasteiger partial charge on any atom is -0.505 e. The van der Waals surface area contributed by atoms with Gasteiger partial charge in [0.25, 0.3) is 10.0 Å². The molecular formula is C12H8Cl2FNO3S. The molecule has 4 nitrogen and oxygen atoms in total. The predicted octanol–water partition coefficient (Wildman–Crippen LogP) is 3.64. The SMILES string of the molecule is O=S(=O)(Nc1ccc(O)c(F)c1)c1cc(Cl)ccc1Cl. The Labute approximate surface area is 124 Å². The first-order valence-electron chi connectivity index (χ1n) is 5.26. The van der Waals surface area contributed by atoms with Gasteiger partial charge in [-0.25, -0.2) is 12.8 Å². The molecule has 0 bridgehead atoms. The fraction of sp³-hybridized carbons (Fsp3) is 0. The highest BCUT2D eigenvalue weighted by Crippen LogP contribution is 2.28. The molecule has 0 spiro atoms. The molecule has 2 rings (SSSR count). The first kappa shape index (κ1) is 14.9. The minimum absolute atomic E-state index is 0.0128. The van der Waals surface area contributed by atoms with E-state index in [1.54, 1.807) is 0 Å². The highest BCUT2D eigenvalue weighted by atomic mass is 35.5. The number of rotatable bonds is 3. The zero-order valence-electron chi connectivity index (χ0n) is 9.77. The zero-order valence-corrected chi connectivity index (χ0v) is 12.1. The van der Waals surface area contributed by atoms with Crippen molar-refractivity contribution in [3.63, 3.8) is 0 Å². The third-order valence-electron chi connectivity index (χ3n) is 2.38. The van der Waals surface area contributed by atoms with Gasteiger partial charge in [-0.05, 0) is 30.3 Å². The summed E-state index contributed by atoms with van der Waals surface area (Å²) >= 11 is 11.5. The van der Waals surface area contributed by atoms with Gasteiger partial charge in [-0.15, -0.1) is 0 Å². The van der Waals surface area contributed by atoms with Crippen molar-refractivity contribution in [1.29, 1.82) is 0 Å². The molecule has 0 aromatic heterocycles. The van der Waals surface area contributed by atoms with Crippen molar-refractivity contribution in [2.24, 2.45) is 0 Å². The molecule has 0 aliphatic rings. The van der Waals surface area contributed by atoms with Crippen LogP contribution < -0.4 is 4.72 Å². The molecule has 0 amide bonds. The molecule has 0 unspecified atom stereocenters. The summed E-state index contributed by atoms with van der Waals surface area (Å²) in [6, 6.07) is 7.08. The van der Waals surface area contributed by atoms with Gasteiger partial charge in [0, 0.05) is 11.1 Å². The summed E-state index contributed by atoms with van der Waals surface area (Å²) in [4.78, 5) is -0.222. The molecular weight excluding hydrogens is 328 g/mol.